The molecule has 0 aliphatic carbocycles. The van der Waals surface area contributed by atoms with Crippen molar-refractivity contribution in [1.29, 1.82) is 5.26 Å². The number of carbonyl (C=O) groups is 2. The molecule has 2 N–H and O–H groups in total. The zero-order chi connectivity index (χ0) is 30.6. The minimum absolute atomic E-state index is 0.0748. The van der Waals surface area contributed by atoms with Crippen molar-refractivity contribution in [3.8, 4) is 22.9 Å². The summed E-state index contributed by atoms with van der Waals surface area (Å²) >= 11 is 6.46. The van der Waals surface area contributed by atoms with Crippen LogP contribution in [0.25, 0.3) is 22.0 Å². The van der Waals surface area contributed by atoms with Crippen molar-refractivity contribution >= 4 is 34.3 Å². The van der Waals surface area contributed by atoms with Gasteiger partial charge in [-0.25, -0.2) is 0 Å². The van der Waals surface area contributed by atoms with Gasteiger partial charge in [0.2, 0.25) is 0 Å². The van der Waals surface area contributed by atoms with Gasteiger partial charge in [0.05, 0.1) is 41.9 Å². The smallest absolute Gasteiger partial charge is 0.405 e. The van der Waals surface area contributed by atoms with E-state index in [1.54, 1.807) is 23.2 Å². The van der Waals surface area contributed by atoms with E-state index in [1.807, 2.05) is 30.3 Å². The van der Waals surface area contributed by atoms with E-state index < -0.39 is 24.1 Å². The standard InChI is InChI=1S/C31H26ClF3N4O4/c32-26-17-20(5-7-24(26)30(41)39-11-13-42-14-12-39)19-6-8-28(43-31(33,34)35)25(16-19)29(40)38-22(9-10-36)15-21-18-37-27-4-2-1-3-23(21)27/h1-8,16-18,22,37H,9,11-15H2,(H,38,40). The number of aromatic nitrogens is 1. The highest BCUT2D eigenvalue weighted by atomic mass is 35.5. The quantitative estimate of drug-likeness (QED) is 0.250. The highest BCUT2D eigenvalue weighted by molar-refractivity contribution is 6.34. The molecule has 12 heteroatoms. The number of halogens is 4. The van der Waals surface area contributed by atoms with Crippen LogP contribution >= 0.6 is 11.6 Å². The Morgan fingerprint density at radius 1 is 1.07 bits per heavy atom. The Bertz CT molecular complexity index is 1690. The molecule has 1 saturated heterocycles. The monoisotopic (exact) mass is 610 g/mol. The van der Waals surface area contributed by atoms with Gasteiger partial charge in [0.1, 0.15) is 5.75 Å². The third-order valence-corrected chi connectivity index (χ3v) is 7.41. The van der Waals surface area contributed by atoms with Crippen LogP contribution in [0.1, 0.15) is 32.7 Å². The lowest BCUT2D eigenvalue weighted by Gasteiger charge is -2.27. The Labute approximate surface area is 249 Å². The number of hydrogen-bond acceptors (Lipinski definition) is 5. The number of nitrogens with one attached hydrogen (secondary N) is 2. The molecule has 2 amide bonds. The summed E-state index contributed by atoms with van der Waals surface area (Å²) in [7, 11) is 0. The molecule has 1 aliphatic rings. The molecule has 0 spiro atoms. The first kappa shape index (κ1) is 29.9. The molecule has 3 aromatic carbocycles. The number of fused-ring (bicyclic) bond motifs is 1. The third kappa shape index (κ3) is 7.10. The van der Waals surface area contributed by atoms with E-state index in [2.05, 4.69) is 15.0 Å². The van der Waals surface area contributed by atoms with Crippen LogP contribution in [0.5, 0.6) is 5.75 Å². The molecule has 0 bridgehead atoms. The number of H-pyrrole nitrogens is 1. The number of alkyl halides is 3. The van der Waals surface area contributed by atoms with Gasteiger partial charge in [0.25, 0.3) is 11.8 Å². The summed E-state index contributed by atoms with van der Waals surface area (Å²) in [4.78, 5) is 31.1. The van der Waals surface area contributed by atoms with Gasteiger partial charge in [0, 0.05) is 36.2 Å². The average molecular weight is 611 g/mol. The predicted octanol–water partition coefficient (Wildman–Crippen LogP) is 6.11. The normalized spacial score (nSPS) is 14.3. The van der Waals surface area contributed by atoms with Gasteiger partial charge in [-0.1, -0.05) is 41.9 Å². The lowest BCUT2D eigenvalue weighted by atomic mass is 9.99. The van der Waals surface area contributed by atoms with E-state index in [0.29, 0.717) is 37.4 Å². The van der Waals surface area contributed by atoms with Crippen molar-refractivity contribution in [3.63, 3.8) is 0 Å². The van der Waals surface area contributed by atoms with Gasteiger partial charge in [0.15, 0.2) is 0 Å². The summed E-state index contributed by atoms with van der Waals surface area (Å²) in [5.41, 5.74) is 2.48. The van der Waals surface area contributed by atoms with Crippen LogP contribution in [0.4, 0.5) is 13.2 Å². The Kier molecular flexibility index (Phi) is 8.89. The second kappa shape index (κ2) is 12.8. The lowest BCUT2D eigenvalue weighted by molar-refractivity contribution is -0.274. The summed E-state index contributed by atoms with van der Waals surface area (Å²) in [6.07, 6.45) is -3.07. The molecule has 222 valence electrons. The zero-order valence-electron chi connectivity index (χ0n) is 22.7. The number of morpholine rings is 1. The van der Waals surface area contributed by atoms with E-state index >= 15 is 0 Å². The molecule has 1 aliphatic heterocycles. The maximum Gasteiger partial charge on any atom is 0.573 e. The molecule has 1 atom stereocenters. The van der Waals surface area contributed by atoms with Gasteiger partial charge in [-0.15, -0.1) is 13.2 Å². The summed E-state index contributed by atoms with van der Waals surface area (Å²) < 4.78 is 49.2. The largest absolute Gasteiger partial charge is 0.573 e. The van der Waals surface area contributed by atoms with Crippen molar-refractivity contribution in [3.05, 3.63) is 88.6 Å². The van der Waals surface area contributed by atoms with E-state index in [-0.39, 0.29) is 34.9 Å². The van der Waals surface area contributed by atoms with Crippen LogP contribution in [0.3, 0.4) is 0 Å². The van der Waals surface area contributed by atoms with Crippen molar-refractivity contribution < 1.29 is 32.2 Å². The Hall–Kier alpha value is -4.53. The van der Waals surface area contributed by atoms with Crippen LogP contribution in [-0.4, -0.2) is 60.4 Å². The molecule has 0 saturated carbocycles. The Morgan fingerprint density at radius 2 is 1.79 bits per heavy atom. The number of nitriles is 1. The number of hydrogen-bond donors (Lipinski definition) is 2. The number of amides is 2. The zero-order valence-corrected chi connectivity index (χ0v) is 23.5. The maximum absolute atomic E-state index is 13.4. The number of aromatic amines is 1. The number of para-hydroxylation sites is 1. The van der Waals surface area contributed by atoms with Crippen LogP contribution < -0.4 is 10.1 Å². The molecule has 0 radical (unpaired) electrons. The molecule has 8 nitrogen and oxygen atoms in total. The molecule has 1 fully saturated rings. The molecule has 5 rings (SSSR count). The molecule has 43 heavy (non-hydrogen) atoms. The number of benzene rings is 3. The van der Waals surface area contributed by atoms with Crippen LogP contribution in [0.15, 0.2) is 66.9 Å². The molecular weight excluding hydrogens is 585 g/mol. The van der Waals surface area contributed by atoms with Crippen molar-refractivity contribution in [2.45, 2.75) is 25.2 Å². The fourth-order valence-corrected chi connectivity index (χ4v) is 5.28. The molecule has 1 unspecified atom stereocenters. The van der Waals surface area contributed by atoms with Gasteiger partial charge >= 0.3 is 6.36 Å². The van der Waals surface area contributed by atoms with Gasteiger partial charge in [-0.05, 0) is 53.4 Å². The molecule has 2 heterocycles. The van der Waals surface area contributed by atoms with Crippen molar-refractivity contribution in [1.82, 2.24) is 15.2 Å². The Balaban J connectivity index is 1.42. The third-order valence-electron chi connectivity index (χ3n) is 7.10. The number of carbonyl (C=O) groups excluding carboxylic acids is 2. The second-order valence-electron chi connectivity index (χ2n) is 9.95. The van der Waals surface area contributed by atoms with E-state index in [1.165, 1.54) is 18.2 Å². The first-order valence-corrected chi connectivity index (χ1v) is 13.8. The van der Waals surface area contributed by atoms with E-state index in [4.69, 9.17) is 16.3 Å². The number of ether oxygens (including phenoxy) is 2. The molecular formula is C31H26ClF3N4O4. The average Bonchev–Trinajstić information content (AvgIpc) is 3.39. The number of nitrogens with zero attached hydrogens (tertiary/aromatic N) is 2. The lowest BCUT2D eigenvalue weighted by Crippen LogP contribution is -2.40. The first-order valence-electron chi connectivity index (χ1n) is 13.4. The summed E-state index contributed by atoms with van der Waals surface area (Å²) in [6, 6.07) is 17.2. The van der Waals surface area contributed by atoms with Crippen LogP contribution in [0.2, 0.25) is 5.02 Å². The van der Waals surface area contributed by atoms with Gasteiger partial charge < -0.3 is 24.7 Å². The summed E-state index contributed by atoms with van der Waals surface area (Å²) in [5.74, 6) is -1.79. The van der Waals surface area contributed by atoms with Gasteiger partial charge in [-0.2, -0.15) is 5.26 Å². The Morgan fingerprint density at radius 3 is 2.51 bits per heavy atom. The van der Waals surface area contributed by atoms with Crippen molar-refractivity contribution in [2.24, 2.45) is 0 Å². The maximum atomic E-state index is 13.4. The highest BCUT2D eigenvalue weighted by Gasteiger charge is 2.33. The fraction of sp³-hybridized carbons (Fsp3) is 0.258. The van der Waals surface area contributed by atoms with Gasteiger partial charge in [-0.3, -0.25) is 9.59 Å². The first-order chi connectivity index (χ1) is 20.6. The highest BCUT2D eigenvalue weighted by Crippen LogP contribution is 2.33. The summed E-state index contributed by atoms with van der Waals surface area (Å²) in [5, 5.41) is 13.2. The minimum atomic E-state index is -5.04. The second-order valence-corrected chi connectivity index (χ2v) is 10.4. The predicted molar refractivity (Wildman–Crippen MR) is 154 cm³/mol. The number of rotatable bonds is 8. The fourth-order valence-electron chi connectivity index (χ4n) is 5.02. The minimum Gasteiger partial charge on any atom is -0.405 e. The van der Waals surface area contributed by atoms with Crippen LogP contribution in [-0.2, 0) is 11.2 Å². The van der Waals surface area contributed by atoms with Crippen molar-refractivity contribution in [2.75, 3.05) is 26.3 Å². The molecule has 4 aromatic rings. The topological polar surface area (TPSA) is 107 Å². The van der Waals surface area contributed by atoms with E-state index in [0.717, 1.165) is 22.5 Å². The summed E-state index contributed by atoms with van der Waals surface area (Å²) in [6.45, 7) is 1.72. The SMILES string of the molecule is N#CCC(Cc1c[nH]c2ccccc12)NC(=O)c1cc(-c2ccc(C(=O)N3CCOCC3)c(Cl)c2)ccc1OC(F)(F)F. The molecule has 1 aromatic heterocycles. The van der Waals surface area contributed by atoms with E-state index in [9.17, 15) is 28.0 Å². The van der Waals surface area contributed by atoms with Crippen LogP contribution in [0, 0.1) is 11.3 Å².